The molecule has 0 radical (unpaired) electrons. The second kappa shape index (κ2) is 5.36. The Balaban J connectivity index is 1.79. The lowest BCUT2D eigenvalue weighted by molar-refractivity contribution is 0.0895. The molecule has 3 rings (SSSR count). The summed E-state index contributed by atoms with van der Waals surface area (Å²) < 4.78 is 1.76. The van der Waals surface area contributed by atoms with Crippen molar-refractivity contribution in [1.29, 1.82) is 0 Å². The summed E-state index contributed by atoms with van der Waals surface area (Å²) in [5, 5.41) is 7.56. The lowest BCUT2D eigenvalue weighted by atomic mass is 9.91. The normalized spacial score (nSPS) is 16.4. The fourth-order valence-electron chi connectivity index (χ4n) is 2.49. The minimum Gasteiger partial charge on any atom is -0.317 e. The Morgan fingerprint density at radius 1 is 1.21 bits per heavy atom. The van der Waals surface area contributed by atoms with Crippen molar-refractivity contribution in [2.24, 2.45) is 5.92 Å². The largest absolute Gasteiger partial charge is 0.317 e. The fraction of sp³-hybridized carbons (Fsp3) is 0.333. The van der Waals surface area contributed by atoms with Crippen molar-refractivity contribution in [1.82, 2.24) is 15.1 Å². The Morgan fingerprint density at radius 3 is 2.68 bits per heavy atom. The zero-order chi connectivity index (χ0) is 13.1. The number of nitrogens with zero attached hydrogens (tertiary/aromatic N) is 2. The third-order valence-electron chi connectivity index (χ3n) is 3.60. The maximum absolute atomic E-state index is 12.4. The number of para-hydroxylation sites is 1. The van der Waals surface area contributed by atoms with Crippen molar-refractivity contribution < 1.29 is 4.79 Å². The van der Waals surface area contributed by atoms with Gasteiger partial charge in [-0.25, -0.2) is 4.68 Å². The van der Waals surface area contributed by atoms with Gasteiger partial charge in [-0.1, -0.05) is 18.2 Å². The summed E-state index contributed by atoms with van der Waals surface area (Å²) in [5.74, 6) is 0.373. The van der Waals surface area contributed by atoms with Crippen LogP contribution < -0.4 is 5.32 Å². The molecule has 4 heteroatoms. The molecule has 0 bridgehead atoms. The summed E-state index contributed by atoms with van der Waals surface area (Å²) in [5.41, 5.74) is 1.70. The predicted molar refractivity (Wildman–Crippen MR) is 73.5 cm³/mol. The molecule has 1 fully saturated rings. The molecule has 19 heavy (non-hydrogen) atoms. The molecule has 0 unspecified atom stereocenters. The molecule has 2 aromatic rings. The number of nitrogens with one attached hydrogen (secondary N) is 1. The first-order valence-electron chi connectivity index (χ1n) is 6.69. The predicted octanol–water partition coefficient (Wildman–Crippen LogP) is 2.05. The summed E-state index contributed by atoms with van der Waals surface area (Å²) >= 11 is 0. The van der Waals surface area contributed by atoms with Gasteiger partial charge in [-0.3, -0.25) is 4.79 Å². The second-order valence-corrected chi connectivity index (χ2v) is 4.90. The van der Waals surface area contributed by atoms with Crippen molar-refractivity contribution in [2.75, 3.05) is 13.1 Å². The number of carbonyl (C=O) groups is 1. The molecule has 1 aromatic carbocycles. The average Bonchev–Trinajstić information content (AvgIpc) is 2.98. The molecule has 4 nitrogen and oxygen atoms in total. The summed E-state index contributed by atoms with van der Waals surface area (Å²) in [6, 6.07) is 9.85. The Kier molecular flexibility index (Phi) is 3.42. The zero-order valence-electron chi connectivity index (χ0n) is 10.7. The van der Waals surface area contributed by atoms with Crippen LogP contribution in [0.1, 0.15) is 23.2 Å². The van der Waals surface area contributed by atoms with Crippen molar-refractivity contribution in [3.8, 4) is 5.69 Å². The molecule has 0 aliphatic carbocycles. The summed E-state index contributed by atoms with van der Waals surface area (Å²) in [7, 11) is 0. The number of aromatic nitrogens is 2. The summed E-state index contributed by atoms with van der Waals surface area (Å²) in [6.07, 6.45) is 5.36. The van der Waals surface area contributed by atoms with E-state index in [1.807, 2.05) is 36.5 Å². The van der Waals surface area contributed by atoms with Gasteiger partial charge in [-0.15, -0.1) is 0 Å². The van der Waals surface area contributed by atoms with Crippen LogP contribution in [0.5, 0.6) is 0 Å². The SMILES string of the molecule is O=C(c1cnn(-c2ccccc2)c1)C1CCNCC1. The van der Waals surface area contributed by atoms with Crippen LogP contribution in [-0.4, -0.2) is 28.7 Å². The second-order valence-electron chi connectivity index (χ2n) is 4.90. The van der Waals surface area contributed by atoms with Crippen molar-refractivity contribution in [3.63, 3.8) is 0 Å². The van der Waals surface area contributed by atoms with Gasteiger partial charge >= 0.3 is 0 Å². The number of hydrogen-bond acceptors (Lipinski definition) is 3. The third-order valence-corrected chi connectivity index (χ3v) is 3.60. The number of piperidine rings is 1. The van der Waals surface area contributed by atoms with Gasteiger partial charge in [0, 0.05) is 12.1 Å². The Labute approximate surface area is 112 Å². The number of ketones is 1. The lowest BCUT2D eigenvalue weighted by Crippen LogP contribution is -2.31. The standard InChI is InChI=1S/C15H17N3O/c19-15(12-6-8-16-9-7-12)13-10-17-18(11-13)14-4-2-1-3-5-14/h1-5,10-12,16H,6-9H2. The molecular weight excluding hydrogens is 238 g/mol. The van der Waals surface area contributed by atoms with Gasteiger partial charge in [-0.05, 0) is 38.1 Å². The maximum Gasteiger partial charge on any atom is 0.169 e. The highest BCUT2D eigenvalue weighted by atomic mass is 16.1. The molecule has 0 amide bonds. The Morgan fingerprint density at radius 2 is 1.95 bits per heavy atom. The van der Waals surface area contributed by atoms with E-state index in [1.165, 1.54) is 0 Å². The van der Waals surface area contributed by atoms with Gasteiger partial charge < -0.3 is 5.32 Å². The minimum absolute atomic E-state index is 0.148. The van der Waals surface area contributed by atoms with Crippen LogP contribution in [0.4, 0.5) is 0 Å². The van der Waals surface area contributed by atoms with Crippen LogP contribution in [0.25, 0.3) is 5.69 Å². The zero-order valence-corrected chi connectivity index (χ0v) is 10.7. The molecule has 1 aliphatic rings. The molecular formula is C15H17N3O. The van der Waals surface area contributed by atoms with Crippen LogP contribution in [0.3, 0.4) is 0 Å². The van der Waals surface area contributed by atoms with E-state index in [2.05, 4.69) is 10.4 Å². The molecule has 1 aliphatic heterocycles. The van der Waals surface area contributed by atoms with Crippen LogP contribution in [-0.2, 0) is 0 Å². The van der Waals surface area contributed by atoms with E-state index in [1.54, 1.807) is 10.9 Å². The number of rotatable bonds is 3. The monoisotopic (exact) mass is 255 g/mol. The first kappa shape index (κ1) is 12.1. The summed E-state index contributed by atoms with van der Waals surface area (Å²) in [6.45, 7) is 1.87. The smallest absolute Gasteiger partial charge is 0.169 e. The molecule has 1 N–H and O–H groups in total. The van der Waals surface area contributed by atoms with Gasteiger partial charge in [0.05, 0.1) is 17.4 Å². The van der Waals surface area contributed by atoms with Crippen LogP contribution >= 0.6 is 0 Å². The Bertz CT molecular complexity index is 556. The highest BCUT2D eigenvalue weighted by Crippen LogP contribution is 2.18. The first-order valence-corrected chi connectivity index (χ1v) is 6.69. The van der Waals surface area contributed by atoms with Gasteiger partial charge in [0.25, 0.3) is 0 Å². The Hall–Kier alpha value is -1.94. The molecule has 98 valence electrons. The van der Waals surface area contributed by atoms with E-state index in [4.69, 9.17) is 0 Å². The molecule has 0 saturated carbocycles. The molecule has 1 saturated heterocycles. The van der Waals surface area contributed by atoms with E-state index < -0.39 is 0 Å². The number of carbonyl (C=O) groups excluding carboxylic acids is 1. The van der Waals surface area contributed by atoms with E-state index in [-0.39, 0.29) is 11.7 Å². The maximum atomic E-state index is 12.4. The van der Waals surface area contributed by atoms with Crippen LogP contribution in [0, 0.1) is 5.92 Å². The number of Topliss-reactive ketones (excluding diaryl/α,β-unsaturated/α-hetero) is 1. The van der Waals surface area contributed by atoms with Gasteiger partial charge in [0.2, 0.25) is 0 Å². The van der Waals surface area contributed by atoms with Crippen molar-refractivity contribution in [3.05, 3.63) is 48.3 Å². The van der Waals surface area contributed by atoms with Gasteiger partial charge in [0.1, 0.15) is 0 Å². The number of benzene rings is 1. The van der Waals surface area contributed by atoms with Crippen LogP contribution in [0.15, 0.2) is 42.7 Å². The van der Waals surface area contributed by atoms with E-state index in [9.17, 15) is 4.79 Å². The average molecular weight is 255 g/mol. The summed E-state index contributed by atoms with van der Waals surface area (Å²) in [4.78, 5) is 12.4. The van der Waals surface area contributed by atoms with Crippen LogP contribution in [0.2, 0.25) is 0 Å². The van der Waals surface area contributed by atoms with Crippen molar-refractivity contribution >= 4 is 5.78 Å². The van der Waals surface area contributed by atoms with Gasteiger partial charge in [0.15, 0.2) is 5.78 Å². The fourth-order valence-corrected chi connectivity index (χ4v) is 2.49. The topological polar surface area (TPSA) is 46.9 Å². The van der Waals surface area contributed by atoms with E-state index in [0.717, 1.165) is 37.2 Å². The highest BCUT2D eigenvalue weighted by Gasteiger charge is 2.23. The van der Waals surface area contributed by atoms with E-state index >= 15 is 0 Å². The highest BCUT2D eigenvalue weighted by molar-refractivity contribution is 5.97. The quantitative estimate of drug-likeness (QED) is 0.854. The molecule has 0 spiro atoms. The van der Waals surface area contributed by atoms with Crippen molar-refractivity contribution in [2.45, 2.75) is 12.8 Å². The molecule has 0 atom stereocenters. The first-order chi connectivity index (χ1) is 9.34. The number of hydrogen-bond donors (Lipinski definition) is 1. The molecule has 2 heterocycles. The third kappa shape index (κ3) is 2.58. The van der Waals surface area contributed by atoms with Gasteiger partial charge in [-0.2, -0.15) is 5.10 Å². The molecule has 1 aromatic heterocycles. The lowest BCUT2D eigenvalue weighted by Gasteiger charge is -2.20. The van der Waals surface area contributed by atoms with E-state index in [0.29, 0.717) is 0 Å². The minimum atomic E-state index is 0.148.